The summed E-state index contributed by atoms with van der Waals surface area (Å²) in [7, 11) is 0. The van der Waals surface area contributed by atoms with Gasteiger partial charge < -0.3 is 10.1 Å². The van der Waals surface area contributed by atoms with E-state index in [0.29, 0.717) is 18.9 Å². The molecule has 0 heterocycles. The number of carbonyl (C=O) groups is 1. The van der Waals surface area contributed by atoms with Crippen LogP contribution in [0.5, 0.6) is 5.75 Å². The zero-order chi connectivity index (χ0) is 14.2. The lowest BCUT2D eigenvalue weighted by Crippen LogP contribution is -2.15. The first kappa shape index (κ1) is 14.4. The lowest BCUT2D eigenvalue weighted by atomic mass is 10.2. The molecule has 4 heteroatoms. The standard InChI is InChI=1S/C16H16ClNO2/c17-12-13-5-4-6-14(11-13)18-16(19)9-10-20-15-7-2-1-3-8-15/h1-8,11H,9-10,12H2,(H,18,19). The minimum atomic E-state index is -0.0762. The number of ether oxygens (including phenoxy) is 1. The van der Waals surface area contributed by atoms with Crippen LogP contribution in [0.4, 0.5) is 5.69 Å². The Morgan fingerprint density at radius 2 is 1.90 bits per heavy atom. The van der Waals surface area contributed by atoms with Crippen molar-refractivity contribution in [2.24, 2.45) is 0 Å². The Kier molecular flexibility index (Phi) is 5.44. The number of nitrogens with one attached hydrogen (secondary N) is 1. The van der Waals surface area contributed by atoms with Gasteiger partial charge in [-0.15, -0.1) is 11.6 Å². The van der Waals surface area contributed by atoms with E-state index < -0.39 is 0 Å². The van der Waals surface area contributed by atoms with Gasteiger partial charge in [0.2, 0.25) is 5.91 Å². The third-order valence-electron chi connectivity index (χ3n) is 2.71. The molecule has 0 bridgehead atoms. The average Bonchev–Trinajstić information content (AvgIpc) is 2.48. The number of para-hydroxylation sites is 1. The van der Waals surface area contributed by atoms with Crippen LogP contribution in [0, 0.1) is 0 Å². The van der Waals surface area contributed by atoms with Crippen LogP contribution in [0.3, 0.4) is 0 Å². The molecular weight excluding hydrogens is 274 g/mol. The Morgan fingerprint density at radius 3 is 2.65 bits per heavy atom. The molecule has 0 aromatic heterocycles. The van der Waals surface area contributed by atoms with Gasteiger partial charge in [-0.25, -0.2) is 0 Å². The molecule has 2 aromatic rings. The molecular formula is C16H16ClNO2. The number of benzene rings is 2. The van der Waals surface area contributed by atoms with Crippen LogP contribution in [0.1, 0.15) is 12.0 Å². The quantitative estimate of drug-likeness (QED) is 0.821. The van der Waals surface area contributed by atoms with Gasteiger partial charge in [-0.2, -0.15) is 0 Å². The van der Waals surface area contributed by atoms with E-state index in [9.17, 15) is 4.79 Å². The predicted octanol–water partition coefficient (Wildman–Crippen LogP) is 3.83. The number of hydrogen-bond donors (Lipinski definition) is 1. The van der Waals surface area contributed by atoms with Crippen molar-refractivity contribution in [2.45, 2.75) is 12.3 Å². The lowest BCUT2D eigenvalue weighted by Gasteiger charge is -2.08. The summed E-state index contributed by atoms with van der Waals surface area (Å²) in [6, 6.07) is 16.9. The summed E-state index contributed by atoms with van der Waals surface area (Å²) in [4.78, 5) is 11.8. The van der Waals surface area contributed by atoms with Gasteiger partial charge in [0.15, 0.2) is 0 Å². The van der Waals surface area contributed by atoms with Crippen LogP contribution in [0.25, 0.3) is 0 Å². The number of hydrogen-bond acceptors (Lipinski definition) is 2. The van der Waals surface area contributed by atoms with Gasteiger partial charge in [0, 0.05) is 11.6 Å². The second-order valence-electron chi connectivity index (χ2n) is 4.29. The Balaban J connectivity index is 1.77. The minimum absolute atomic E-state index is 0.0762. The van der Waals surface area contributed by atoms with E-state index in [1.54, 1.807) is 0 Å². The molecule has 0 aliphatic carbocycles. The SMILES string of the molecule is O=C(CCOc1ccccc1)Nc1cccc(CCl)c1. The van der Waals surface area contributed by atoms with Gasteiger partial charge in [0.25, 0.3) is 0 Å². The summed E-state index contributed by atoms with van der Waals surface area (Å²) in [6.45, 7) is 0.352. The third-order valence-corrected chi connectivity index (χ3v) is 3.01. The molecule has 3 nitrogen and oxygen atoms in total. The van der Waals surface area contributed by atoms with E-state index in [-0.39, 0.29) is 5.91 Å². The molecule has 20 heavy (non-hydrogen) atoms. The summed E-state index contributed by atoms with van der Waals surface area (Å²) >= 11 is 5.75. The zero-order valence-electron chi connectivity index (χ0n) is 11.0. The normalized spacial score (nSPS) is 10.1. The summed E-state index contributed by atoms with van der Waals surface area (Å²) in [5.74, 6) is 1.12. The van der Waals surface area contributed by atoms with Crippen molar-refractivity contribution < 1.29 is 9.53 Å². The van der Waals surface area contributed by atoms with Crippen molar-refractivity contribution >= 4 is 23.2 Å². The van der Waals surface area contributed by atoms with Crippen LogP contribution < -0.4 is 10.1 Å². The molecule has 0 fully saturated rings. The molecule has 2 rings (SSSR count). The highest BCUT2D eigenvalue weighted by Gasteiger charge is 2.03. The summed E-state index contributed by atoms with van der Waals surface area (Å²) in [5, 5.41) is 2.83. The first-order valence-corrected chi connectivity index (χ1v) is 6.94. The molecule has 1 amide bonds. The average molecular weight is 290 g/mol. The summed E-state index contributed by atoms with van der Waals surface area (Å²) in [5.41, 5.74) is 1.73. The van der Waals surface area contributed by atoms with Crippen molar-refractivity contribution in [1.29, 1.82) is 0 Å². The molecule has 1 N–H and O–H groups in total. The van der Waals surface area contributed by atoms with E-state index in [1.165, 1.54) is 0 Å². The molecule has 2 aromatic carbocycles. The fourth-order valence-corrected chi connectivity index (χ4v) is 1.90. The number of amides is 1. The van der Waals surface area contributed by atoms with Gasteiger partial charge in [-0.3, -0.25) is 4.79 Å². The van der Waals surface area contributed by atoms with Crippen LogP contribution in [-0.2, 0) is 10.7 Å². The monoisotopic (exact) mass is 289 g/mol. The highest BCUT2D eigenvalue weighted by Crippen LogP contribution is 2.13. The van der Waals surface area contributed by atoms with Crippen LogP contribution in [0.15, 0.2) is 54.6 Å². The van der Waals surface area contributed by atoms with E-state index in [2.05, 4.69) is 5.32 Å². The second kappa shape index (κ2) is 7.56. The van der Waals surface area contributed by atoms with Gasteiger partial charge in [-0.1, -0.05) is 30.3 Å². The Labute approximate surface area is 123 Å². The van der Waals surface area contributed by atoms with Crippen LogP contribution >= 0.6 is 11.6 Å². The van der Waals surface area contributed by atoms with Crippen molar-refractivity contribution in [3.63, 3.8) is 0 Å². The lowest BCUT2D eigenvalue weighted by molar-refractivity contribution is -0.116. The van der Waals surface area contributed by atoms with E-state index in [4.69, 9.17) is 16.3 Å². The fourth-order valence-electron chi connectivity index (χ4n) is 1.73. The van der Waals surface area contributed by atoms with Gasteiger partial charge in [0.05, 0.1) is 13.0 Å². The second-order valence-corrected chi connectivity index (χ2v) is 4.56. The van der Waals surface area contributed by atoms with Crippen molar-refractivity contribution in [3.05, 3.63) is 60.2 Å². The molecule has 0 saturated heterocycles. The highest BCUT2D eigenvalue weighted by molar-refractivity contribution is 6.17. The summed E-state index contributed by atoms with van der Waals surface area (Å²) in [6.07, 6.45) is 0.306. The highest BCUT2D eigenvalue weighted by atomic mass is 35.5. The van der Waals surface area contributed by atoms with Gasteiger partial charge >= 0.3 is 0 Å². The fraction of sp³-hybridized carbons (Fsp3) is 0.188. The molecule has 104 valence electrons. The molecule has 0 spiro atoms. The number of rotatable bonds is 6. The number of alkyl halides is 1. The number of halogens is 1. The van der Waals surface area contributed by atoms with Crippen molar-refractivity contribution in [2.75, 3.05) is 11.9 Å². The first-order chi connectivity index (χ1) is 9.78. The van der Waals surface area contributed by atoms with E-state index >= 15 is 0 Å². The van der Waals surface area contributed by atoms with E-state index in [0.717, 1.165) is 17.0 Å². The van der Waals surface area contributed by atoms with Gasteiger partial charge in [0.1, 0.15) is 5.75 Å². The van der Waals surface area contributed by atoms with Crippen molar-refractivity contribution in [1.82, 2.24) is 0 Å². The maximum absolute atomic E-state index is 11.8. The molecule has 0 aliphatic heterocycles. The molecule has 0 radical (unpaired) electrons. The van der Waals surface area contributed by atoms with Crippen LogP contribution in [-0.4, -0.2) is 12.5 Å². The number of anilines is 1. The maximum Gasteiger partial charge on any atom is 0.227 e. The topological polar surface area (TPSA) is 38.3 Å². The molecule has 0 aliphatic rings. The Bertz CT molecular complexity index is 557. The minimum Gasteiger partial charge on any atom is -0.493 e. The molecule has 0 saturated carbocycles. The maximum atomic E-state index is 11.8. The predicted molar refractivity (Wildman–Crippen MR) is 81.2 cm³/mol. The van der Waals surface area contributed by atoms with Gasteiger partial charge in [-0.05, 0) is 29.8 Å². The third kappa shape index (κ3) is 4.59. The van der Waals surface area contributed by atoms with Crippen LogP contribution in [0.2, 0.25) is 0 Å². The smallest absolute Gasteiger partial charge is 0.227 e. The van der Waals surface area contributed by atoms with Crippen molar-refractivity contribution in [3.8, 4) is 5.75 Å². The molecule has 0 atom stereocenters. The first-order valence-electron chi connectivity index (χ1n) is 6.40. The zero-order valence-corrected chi connectivity index (χ0v) is 11.8. The number of carbonyl (C=O) groups excluding carboxylic acids is 1. The molecule has 0 unspecified atom stereocenters. The Morgan fingerprint density at radius 1 is 1.10 bits per heavy atom. The Hall–Kier alpha value is -2.00. The summed E-state index contributed by atoms with van der Waals surface area (Å²) < 4.78 is 5.48. The largest absolute Gasteiger partial charge is 0.493 e. The van der Waals surface area contributed by atoms with E-state index in [1.807, 2.05) is 54.6 Å².